The highest BCUT2D eigenvalue weighted by Crippen LogP contribution is 2.31. The lowest BCUT2D eigenvalue weighted by Gasteiger charge is -1.94. The molecule has 0 amide bonds. The smallest absolute Gasteiger partial charge is 0.237 e. The Morgan fingerprint density at radius 2 is 2.05 bits per heavy atom. The third kappa shape index (κ3) is 1.85. The zero-order valence-electron chi connectivity index (χ0n) is 10.8. The van der Waals surface area contributed by atoms with Crippen molar-refractivity contribution in [2.75, 3.05) is 0 Å². The molecule has 3 aromatic heterocycles. The molecule has 0 saturated heterocycles. The van der Waals surface area contributed by atoms with Crippen LogP contribution in [0.3, 0.4) is 0 Å². The Morgan fingerprint density at radius 1 is 1.10 bits per heavy atom. The Bertz CT molecular complexity index is 871. The highest BCUT2D eigenvalue weighted by molar-refractivity contribution is 7.15. The van der Waals surface area contributed by atoms with Crippen molar-refractivity contribution in [1.82, 2.24) is 4.98 Å². The lowest BCUT2D eigenvalue weighted by Crippen LogP contribution is -1.73. The number of hydrogen-bond donors (Lipinski definition) is 0. The minimum absolute atomic E-state index is 0.676. The molecule has 0 bridgehead atoms. The van der Waals surface area contributed by atoms with Crippen LogP contribution in [0, 0.1) is 6.92 Å². The second kappa shape index (κ2) is 4.35. The van der Waals surface area contributed by atoms with Crippen LogP contribution in [-0.4, -0.2) is 4.98 Å². The molecule has 98 valence electrons. The van der Waals surface area contributed by atoms with Crippen molar-refractivity contribution >= 4 is 22.4 Å². The average Bonchev–Trinajstić information content (AvgIpc) is 3.17. The summed E-state index contributed by atoms with van der Waals surface area (Å²) in [5, 5.41) is 0. The van der Waals surface area contributed by atoms with Gasteiger partial charge in [-0.25, -0.2) is 4.98 Å². The predicted molar refractivity (Wildman–Crippen MR) is 79.8 cm³/mol. The number of hydrogen-bond acceptors (Lipinski definition) is 4. The van der Waals surface area contributed by atoms with E-state index in [1.54, 1.807) is 17.6 Å². The van der Waals surface area contributed by atoms with Crippen molar-refractivity contribution in [2.45, 2.75) is 6.92 Å². The van der Waals surface area contributed by atoms with Crippen LogP contribution in [0.4, 0.5) is 0 Å². The van der Waals surface area contributed by atoms with Gasteiger partial charge in [0.2, 0.25) is 5.89 Å². The molecule has 0 radical (unpaired) electrons. The largest absolute Gasteiger partial charge is 0.464 e. The van der Waals surface area contributed by atoms with E-state index in [0.29, 0.717) is 5.89 Å². The summed E-state index contributed by atoms with van der Waals surface area (Å²) in [6.07, 6.45) is 1.67. The lowest BCUT2D eigenvalue weighted by molar-refractivity contribution is 0.582. The van der Waals surface area contributed by atoms with Gasteiger partial charge in [0.05, 0.1) is 11.1 Å². The maximum absolute atomic E-state index is 5.86. The fourth-order valence-electron chi connectivity index (χ4n) is 2.18. The second-order valence-electron chi connectivity index (χ2n) is 4.59. The Hall–Kier alpha value is -2.33. The fourth-order valence-corrected chi connectivity index (χ4v) is 2.97. The molecular weight excluding hydrogens is 270 g/mol. The minimum atomic E-state index is 0.676. The van der Waals surface area contributed by atoms with Gasteiger partial charge in [0.25, 0.3) is 0 Å². The molecule has 4 aromatic rings. The number of furan rings is 1. The van der Waals surface area contributed by atoms with Crippen LogP contribution in [0.5, 0.6) is 0 Å². The van der Waals surface area contributed by atoms with Gasteiger partial charge in [0, 0.05) is 10.4 Å². The summed E-state index contributed by atoms with van der Waals surface area (Å²) in [6, 6.07) is 13.8. The summed E-state index contributed by atoms with van der Waals surface area (Å²) in [4.78, 5) is 6.83. The van der Waals surface area contributed by atoms with E-state index in [9.17, 15) is 0 Å². The van der Waals surface area contributed by atoms with E-state index < -0.39 is 0 Å². The van der Waals surface area contributed by atoms with Crippen LogP contribution < -0.4 is 0 Å². The number of nitrogens with zero attached hydrogens (tertiary/aromatic N) is 1. The number of rotatable bonds is 2. The highest BCUT2D eigenvalue weighted by atomic mass is 32.1. The Morgan fingerprint density at radius 3 is 2.80 bits per heavy atom. The van der Waals surface area contributed by atoms with Gasteiger partial charge in [-0.05, 0) is 49.4 Å². The Kier molecular flexibility index (Phi) is 2.50. The molecule has 4 heteroatoms. The quantitative estimate of drug-likeness (QED) is 0.511. The van der Waals surface area contributed by atoms with Gasteiger partial charge in [-0.15, -0.1) is 11.3 Å². The molecule has 3 heterocycles. The van der Waals surface area contributed by atoms with Crippen LogP contribution in [0.15, 0.2) is 57.6 Å². The number of thiophene rings is 1. The number of aromatic nitrogens is 1. The van der Waals surface area contributed by atoms with E-state index in [4.69, 9.17) is 8.83 Å². The van der Waals surface area contributed by atoms with Gasteiger partial charge >= 0.3 is 0 Å². The first-order valence-corrected chi connectivity index (χ1v) is 7.12. The number of aryl methyl sites for hydroxylation is 1. The molecular formula is C16H11NO2S. The molecule has 1 aromatic carbocycles. The number of oxazole rings is 1. The van der Waals surface area contributed by atoms with Crippen molar-refractivity contribution in [1.29, 1.82) is 0 Å². The molecule has 0 spiro atoms. The number of benzene rings is 1. The van der Waals surface area contributed by atoms with Gasteiger partial charge in [-0.1, -0.05) is 0 Å². The molecule has 0 saturated carbocycles. The summed E-state index contributed by atoms with van der Waals surface area (Å²) in [6.45, 7) is 2.08. The predicted octanol–water partition coefficient (Wildman–Crippen LogP) is 5.12. The molecule has 0 aliphatic rings. The summed E-state index contributed by atoms with van der Waals surface area (Å²) in [5.74, 6) is 1.51. The van der Waals surface area contributed by atoms with Gasteiger partial charge in [-0.3, -0.25) is 0 Å². The van der Waals surface area contributed by atoms with Gasteiger partial charge < -0.3 is 8.83 Å². The third-order valence-electron chi connectivity index (χ3n) is 3.15. The fraction of sp³-hybridized carbons (Fsp3) is 0.0625. The second-order valence-corrected chi connectivity index (χ2v) is 5.88. The van der Waals surface area contributed by atoms with E-state index in [1.807, 2.05) is 36.4 Å². The molecule has 3 nitrogen and oxygen atoms in total. The van der Waals surface area contributed by atoms with Gasteiger partial charge in [-0.2, -0.15) is 0 Å². The van der Waals surface area contributed by atoms with Gasteiger partial charge in [0.1, 0.15) is 11.3 Å². The SMILES string of the molecule is Cc1ccc(-c2nc3ccc(-c4ccco4)cc3o2)s1. The molecule has 4 rings (SSSR count). The molecule has 0 fully saturated rings. The lowest BCUT2D eigenvalue weighted by atomic mass is 10.1. The maximum atomic E-state index is 5.86. The third-order valence-corrected chi connectivity index (χ3v) is 4.13. The normalized spacial score (nSPS) is 11.2. The zero-order chi connectivity index (χ0) is 13.5. The van der Waals surface area contributed by atoms with E-state index in [2.05, 4.69) is 18.0 Å². The van der Waals surface area contributed by atoms with Crippen LogP contribution in [0.2, 0.25) is 0 Å². The molecule has 0 aliphatic carbocycles. The first kappa shape index (κ1) is 11.5. The molecule has 20 heavy (non-hydrogen) atoms. The van der Waals surface area contributed by atoms with Crippen LogP contribution in [-0.2, 0) is 0 Å². The van der Waals surface area contributed by atoms with Crippen molar-refractivity contribution in [2.24, 2.45) is 0 Å². The molecule has 0 atom stereocenters. The summed E-state index contributed by atoms with van der Waals surface area (Å²) < 4.78 is 11.3. The summed E-state index contributed by atoms with van der Waals surface area (Å²) in [5.41, 5.74) is 2.63. The van der Waals surface area contributed by atoms with Gasteiger partial charge in [0.15, 0.2) is 5.58 Å². The van der Waals surface area contributed by atoms with E-state index in [1.165, 1.54) is 4.88 Å². The molecule has 0 N–H and O–H groups in total. The van der Waals surface area contributed by atoms with E-state index >= 15 is 0 Å². The number of fused-ring (bicyclic) bond motifs is 1. The maximum Gasteiger partial charge on any atom is 0.237 e. The van der Waals surface area contributed by atoms with E-state index in [0.717, 1.165) is 27.3 Å². The summed E-state index contributed by atoms with van der Waals surface area (Å²) >= 11 is 1.68. The highest BCUT2D eigenvalue weighted by Gasteiger charge is 2.11. The van der Waals surface area contributed by atoms with Crippen LogP contribution in [0.25, 0.3) is 33.2 Å². The molecule has 0 unspecified atom stereocenters. The van der Waals surface area contributed by atoms with E-state index in [-0.39, 0.29) is 0 Å². The first-order chi connectivity index (χ1) is 9.79. The monoisotopic (exact) mass is 281 g/mol. The zero-order valence-corrected chi connectivity index (χ0v) is 11.6. The molecule has 0 aliphatic heterocycles. The Balaban J connectivity index is 1.83. The van der Waals surface area contributed by atoms with Crippen molar-refractivity contribution in [3.63, 3.8) is 0 Å². The average molecular weight is 281 g/mol. The summed E-state index contributed by atoms with van der Waals surface area (Å²) in [7, 11) is 0. The van der Waals surface area contributed by atoms with Crippen molar-refractivity contribution in [3.05, 3.63) is 53.6 Å². The first-order valence-electron chi connectivity index (χ1n) is 6.31. The van der Waals surface area contributed by atoms with Crippen LogP contribution >= 0.6 is 11.3 Å². The van der Waals surface area contributed by atoms with Crippen molar-refractivity contribution < 1.29 is 8.83 Å². The van der Waals surface area contributed by atoms with Crippen LogP contribution in [0.1, 0.15) is 4.88 Å². The standard InChI is InChI=1S/C16H11NO2S/c1-10-4-7-15(20-10)16-17-12-6-5-11(9-14(12)19-16)13-3-2-8-18-13/h2-9H,1H3. The Labute approximate surface area is 119 Å². The minimum Gasteiger partial charge on any atom is -0.464 e. The van der Waals surface area contributed by atoms with Crippen molar-refractivity contribution in [3.8, 4) is 22.1 Å². The topological polar surface area (TPSA) is 39.2 Å².